The molecule has 8 heteroatoms. The van der Waals surface area contributed by atoms with Crippen LogP contribution in [0.1, 0.15) is 26.2 Å². The zero-order valence-corrected chi connectivity index (χ0v) is 14.3. The largest absolute Gasteiger partial charge is 0.325 e. The van der Waals surface area contributed by atoms with Crippen molar-refractivity contribution >= 4 is 32.7 Å². The molecule has 1 aromatic carbocycles. The van der Waals surface area contributed by atoms with Crippen molar-refractivity contribution in [3.8, 4) is 0 Å². The summed E-state index contributed by atoms with van der Waals surface area (Å²) in [4.78, 5) is 20.9. The highest BCUT2D eigenvalue weighted by Gasteiger charge is 2.38. The van der Waals surface area contributed by atoms with E-state index in [-0.39, 0.29) is 11.7 Å². The topological polar surface area (TPSA) is 92.3 Å². The molecule has 0 bridgehead atoms. The van der Waals surface area contributed by atoms with E-state index in [0.717, 1.165) is 5.52 Å². The van der Waals surface area contributed by atoms with Crippen LogP contribution in [0.3, 0.4) is 0 Å². The highest BCUT2D eigenvalue weighted by Crippen LogP contribution is 2.24. The molecule has 1 N–H and O–H groups in total. The van der Waals surface area contributed by atoms with Crippen molar-refractivity contribution in [3.63, 3.8) is 0 Å². The highest BCUT2D eigenvalue weighted by atomic mass is 32.2. The molecule has 1 amide bonds. The first-order chi connectivity index (χ1) is 11.5. The number of nitrogens with one attached hydrogen (secondary N) is 1. The standard InChI is InChI=1S/C16H20N4O3S/c1-2-10-24(22,23)20-9-3-4-15(20)16(21)19-12-5-6-13-14(11-12)18-8-7-17-13/h5-8,11,15H,2-4,9-10H2,1H3,(H,19,21)/t15-/m0/s1. The Morgan fingerprint density at radius 2 is 2.04 bits per heavy atom. The second-order valence-corrected chi connectivity index (χ2v) is 7.87. The van der Waals surface area contributed by atoms with Gasteiger partial charge in [0, 0.05) is 24.6 Å². The average Bonchev–Trinajstić information content (AvgIpc) is 3.05. The van der Waals surface area contributed by atoms with Crippen LogP contribution in [-0.2, 0) is 14.8 Å². The molecule has 1 atom stereocenters. The minimum atomic E-state index is -3.38. The molecule has 0 saturated carbocycles. The Morgan fingerprint density at radius 1 is 1.29 bits per heavy atom. The van der Waals surface area contributed by atoms with Gasteiger partial charge in [-0.1, -0.05) is 6.92 Å². The second kappa shape index (κ2) is 6.82. The smallest absolute Gasteiger partial charge is 0.242 e. The average molecular weight is 348 g/mol. The maximum Gasteiger partial charge on any atom is 0.242 e. The molecule has 0 radical (unpaired) electrons. The summed E-state index contributed by atoms with van der Waals surface area (Å²) in [6, 6.07) is 4.62. The Balaban J connectivity index is 1.77. The molecular formula is C16H20N4O3S. The fraction of sp³-hybridized carbons (Fsp3) is 0.438. The predicted octanol–water partition coefficient (Wildman–Crippen LogP) is 1.77. The molecule has 24 heavy (non-hydrogen) atoms. The van der Waals surface area contributed by atoms with Gasteiger partial charge in [0.1, 0.15) is 6.04 Å². The van der Waals surface area contributed by atoms with Crippen molar-refractivity contribution in [1.29, 1.82) is 0 Å². The summed E-state index contributed by atoms with van der Waals surface area (Å²) in [5, 5.41) is 2.81. The molecule has 0 unspecified atom stereocenters. The lowest BCUT2D eigenvalue weighted by molar-refractivity contribution is -0.119. The number of sulfonamides is 1. The summed E-state index contributed by atoms with van der Waals surface area (Å²) < 4.78 is 25.9. The summed E-state index contributed by atoms with van der Waals surface area (Å²) in [5.74, 6) is -0.224. The minimum Gasteiger partial charge on any atom is -0.325 e. The van der Waals surface area contributed by atoms with Gasteiger partial charge in [-0.05, 0) is 37.5 Å². The van der Waals surface area contributed by atoms with Gasteiger partial charge in [-0.2, -0.15) is 4.31 Å². The monoisotopic (exact) mass is 348 g/mol. The van der Waals surface area contributed by atoms with Crippen LogP contribution in [0.25, 0.3) is 11.0 Å². The lowest BCUT2D eigenvalue weighted by Crippen LogP contribution is -2.44. The molecule has 1 aliphatic heterocycles. The van der Waals surface area contributed by atoms with Crippen molar-refractivity contribution in [2.75, 3.05) is 17.6 Å². The van der Waals surface area contributed by atoms with Crippen molar-refractivity contribution < 1.29 is 13.2 Å². The summed E-state index contributed by atoms with van der Waals surface area (Å²) in [7, 11) is -3.38. The number of nitrogens with zero attached hydrogens (tertiary/aromatic N) is 3. The lowest BCUT2D eigenvalue weighted by Gasteiger charge is -2.23. The fourth-order valence-corrected chi connectivity index (χ4v) is 4.72. The normalized spacial score (nSPS) is 18.8. The molecule has 2 heterocycles. The highest BCUT2D eigenvalue weighted by molar-refractivity contribution is 7.89. The molecule has 1 fully saturated rings. The molecule has 1 aliphatic rings. The lowest BCUT2D eigenvalue weighted by atomic mass is 10.2. The Bertz CT molecular complexity index is 853. The van der Waals surface area contributed by atoms with E-state index in [2.05, 4.69) is 15.3 Å². The number of carbonyl (C=O) groups excluding carboxylic acids is 1. The number of aromatic nitrogens is 2. The van der Waals surface area contributed by atoms with E-state index in [1.54, 1.807) is 30.6 Å². The first kappa shape index (κ1) is 16.8. The van der Waals surface area contributed by atoms with E-state index in [0.29, 0.717) is 37.0 Å². The van der Waals surface area contributed by atoms with E-state index in [4.69, 9.17) is 0 Å². The molecule has 1 saturated heterocycles. The van der Waals surface area contributed by atoms with Crippen LogP contribution >= 0.6 is 0 Å². The van der Waals surface area contributed by atoms with Crippen molar-refractivity contribution in [1.82, 2.24) is 14.3 Å². The number of rotatable bonds is 5. The third-order valence-electron chi connectivity index (χ3n) is 4.06. The van der Waals surface area contributed by atoms with Gasteiger partial charge in [0.15, 0.2) is 0 Å². The third-order valence-corrected chi connectivity index (χ3v) is 6.14. The van der Waals surface area contributed by atoms with Gasteiger partial charge in [0.05, 0.1) is 16.8 Å². The number of hydrogen-bond donors (Lipinski definition) is 1. The van der Waals surface area contributed by atoms with Gasteiger partial charge in [0.2, 0.25) is 15.9 Å². The van der Waals surface area contributed by atoms with Crippen LogP contribution in [0.5, 0.6) is 0 Å². The van der Waals surface area contributed by atoms with Crippen LogP contribution in [0.4, 0.5) is 5.69 Å². The Kier molecular flexibility index (Phi) is 4.77. The fourth-order valence-electron chi connectivity index (χ4n) is 2.98. The first-order valence-corrected chi connectivity index (χ1v) is 9.63. The Labute approximate surface area is 141 Å². The number of benzene rings is 1. The second-order valence-electron chi connectivity index (χ2n) is 5.83. The van der Waals surface area contributed by atoms with Gasteiger partial charge in [0.25, 0.3) is 0 Å². The van der Waals surface area contributed by atoms with Gasteiger partial charge in [-0.25, -0.2) is 8.42 Å². The Morgan fingerprint density at radius 3 is 2.79 bits per heavy atom. The number of amides is 1. The van der Waals surface area contributed by atoms with E-state index < -0.39 is 16.1 Å². The molecule has 3 rings (SSSR count). The molecule has 128 valence electrons. The number of carbonyl (C=O) groups is 1. The van der Waals surface area contributed by atoms with Crippen molar-refractivity contribution in [2.24, 2.45) is 0 Å². The maximum absolute atomic E-state index is 12.6. The number of fused-ring (bicyclic) bond motifs is 1. The van der Waals surface area contributed by atoms with E-state index in [1.807, 2.05) is 6.92 Å². The molecular weight excluding hydrogens is 328 g/mol. The summed E-state index contributed by atoms with van der Waals surface area (Å²) >= 11 is 0. The van der Waals surface area contributed by atoms with Gasteiger partial charge in [-0.15, -0.1) is 0 Å². The maximum atomic E-state index is 12.6. The summed E-state index contributed by atoms with van der Waals surface area (Å²) in [6.45, 7) is 2.22. The van der Waals surface area contributed by atoms with Gasteiger partial charge in [-0.3, -0.25) is 14.8 Å². The SMILES string of the molecule is CCCS(=O)(=O)N1CCC[C@H]1C(=O)Nc1ccc2nccnc2c1. The van der Waals surface area contributed by atoms with E-state index >= 15 is 0 Å². The molecule has 1 aromatic heterocycles. The van der Waals surface area contributed by atoms with Crippen molar-refractivity contribution in [3.05, 3.63) is 30.6 Å². The predicted molar refractivity (Wildman–Crippen MR) is 92.0 cm³/mol. The minimum absolute atomic E-state index is 0.0718. The van der Waals surface area contributed by atoms with Crippen LogP contribution in [0, 0.1) is 0 Å². The quantitative estimate of drug-likeness (QED) is 0.889. The van der Waals surface area contributed by atoms with E-state index in [9.17, 15) is 13.2 Å². The molecule has 0 spiro atoms. The number of hydrogen-bond acceptors (Lipinski definition) is 5. The van der Waals surface area contributed by atoms with Crippen LogP contribution in [0.15, 0.2) is 30.6 Å². The van der Waals surface area contributed by atoms with Crippen molar-refractivity contribution in [2.45, 2.75) is 32.2 Å². The summed E-state index contributed by atoms with van der Waals surface area (Å²) in [6.07, 6.45) is 4.97. The molecule has 7 nitrogen and oxygen atoms in total. The van der Waals surface area contributed by atoms with Crippen LogP contribution < -0.4 is 5.32 Å². The van der Waals surface area contributed by atoms with Gasteiger partial charge >= 0.3 is 0 Å². The third kappa shape index (κ3) is 3.39. The first-order valence-electron chi connectivity index (χ1n) is 8.02. The number of anilines is 1. The van der Waals surface area contributed by atoms with Crippen LogP contribution in [-0.4, -0.2) is 46.9 Å². The van der Waals surface area contributed by atoms with E-state index in [1.165, 1.54) is 4.31 Å². The molecule has 0 aliphatic carbocycles. The summed E-state index contributed by atoms with van der Waals surface area (Å²) in [5.41, 5.74) is 2.01. The Hall–Kier alpha value is -2.06. The van der Waals surface area contributed by atoms with Crippen LogP contribution in [0.2, 0.25) is 0 Å². The zero-order valence-electron chi connectivity index (χ0n) is 13.5. The molecule has 2 aromatic rings. The zero-order chi connectivity index (χ0) is 17.2. The van der Waals surface area contributed by atoms with Gasteiger partial charge < -0.3 is 5.32 Å².